The molecule has 0 rings (SSSR count). The van der Waals surface area contributed by atoms with Gasteiger partial charge in [0.05, 0.1) is 0 Å². The highest BCUT2D eigenvalue weighted by Crippen LogP contribution is 1.99. The Morgan fingerprint density at radius 2 is 1.88 bits per heavy atom. The maximum absolute atomic E-state index is 11.4. The van der Waals surface area contributed by atoms with Crippen LogP contribution in [0, 0.1) is 0 Å². The van der Waals surface area contributed by atoms with Crippen LogP contribution in [-0.2, 0) is 14.3 Å². The molecule has 0 fully saturated rings. The second-order valence-corrected chi connectivity index (χ2v) is 4.12. The van der Waals surface area contributed by atoms with E-state index in [1.807, 2.05) is 0 Å². The van der Waals surface area contributed by atoms with E-state index in [-0.39, 0.29) is 5.91 Å². The first-order chi connectivity index (χ1) is 8.31. The molecule has 0 unspecified atom stereocenters. The standard InChI is InChI=1S/C13H27NO3/c1-3-10-17-12-7-9-14-13(15)8-5-4-6-11-16-2/h3-12H2,1-2H3,(H,14,15). The minimum absolute atomic E-state index is 0.151. The number of unbranched alkanes of at least 4 members (excludes halogenated alkanes) is 2. The van der Waals surface area contributed by atoms with Crippen LogP contribution >= 0.6 is 0 Å². The quantitative estimate of drug-likeness (QED) is 0.536. The SMILES string of the molecule is CCCOCCCNC(=O)CCCCCOC. The van der Waals surface area contributed by atoms with E-state index in [1.54, 1.807) is 7.11 Å². The summed E-state index contributed by atoms with van der Waals surface area (Å²) in [5, 5.41) is 2.90. The van der Waals surface area contributed by atoms with Gasteiger partial charge in [-0.25, -0.2) is 0 Å². The average molecular weight is 245 g/mol. The molecule has 0 aliphatic rings. The number of amides is 1. The predicted octanol–water partition coefficient (Wildman–Crippen LogP) is 2.13. The van der Waals surface area contributed by atoms with Gasteiger partial charge >= 0.3 is 0 Å². The fourth-order valence-corrected chi connectivity index (χ4v) is 1.45. The molecule has 0 bridgehead atoms. The van der Waals surface area contributed by atoms with E-state index in [0.29, 0.717) is 6.42 Å². The van der Waals surface area contributed by atoms with Gasteiger partial charge in [-0.3, -0.25) is 4.79 Å². The van der Waals surface area contributed by atoms with Crippen molar-refractivity contribution in [2.24, 2.45) is 0 Å². The van der Waals surface area contributed by atoms with Crippen molar-refractivity contribution in [2.75, 3.05) is 33.5 Å². The van der Waals surface area contributed by atoms with E-state index < -0.39 is 0 Å². The van der Waals surface area contributed by atoms with Crippen molar-refractivity contribution in [1.29, 1.82) is 0 Å². The van der Waals surface area contributed by atoms with Crippen LogP contribution in [0.1, 0.15) is 45.4 Å². The predicted molar refractivity (Wildman–Crippen MR) is 69.1 cm³/mol. The molecule has 0 atom stereocenters. The van der Waals surface area contributed by atoms with Gasteiger partial charge in [-0.05, 0) is 25.7 Å². The third-order valence-corrected chi connectivity index (χ3v) is 2.39. The summed E-state index contributed by atoms with van der Waals surface area (Å²) in [5.74, 6) is 0.151. The van der Waals surface area contributed by atoms with Crippen LogP contribution in [0.25, 0.3) is 0 Å². The van der Waals surface area contributed by atoms with E-state index >= 15 is 0 Å². The van der Waals surface area contributed by atoms with Crippen LogP contribution < -0.4 is 5.32 Å². The van der Waals surface area contributed by atoms with Crippen LogP contribution in [0.2, 0.25) is 0 Å². The molecule has 0 radical (unpaired) electrons. The highest BCUT2D eigenvalue weighted by atomic mass is 16.5. The van der Waals surface area contributed by atoms with Crippen molar-refractivity contribution >= 4 is 5.91 Å². The summed E-state index contributed by atoms with van der Waals surface area (Å²) in [5.41, 5.74) is 0. The zero-order chi connectivity index (χ0) is 12.8. The molecule has 0 aromatic rings. The molecule has 0 aromatic carbocycles. The Morgan fingerprint density at radius 1 is 1.06 bits per heavy atom. The second-order valence-electron chi connectivity index (χ2n) is 4.12. The number of methoxy groups -OCH3 is 1. The summed E-state index contributed by atoms with van der Waals surface area (Å²) in [4.78, 5) is 11.4. The van der Waals surface area contributed by atoms with Gasteiger partial charge in [-0.2, -0.15) is 0 Å². The van der Waals surface area contributed by atoms with E-state index in [2.05, 4.69) is 12.2 Å². The summed E-state index contributed by atoms with van der Waals surface area (Å²) >= 11 is 0. The fraction of sp³-hybridized carbons (Fsp3) is 0.923. The maximum atomic E-state index is 11.4. The normalized spacial score (nSPS) is 10.5. The minimum Gasteiger partial charge on any atom is -0.385 e. The molecule has 0 aromatic heterocycles. The summed E-state index contributed by atoms with van der Waals surface area (Å²) in [6.07, 6.45) is 5.61. The van der Waals surface area contributed by atoms with Crippen LogP contribution in [0.15, 0.2) is 0 Å². The van der Waals surface area contributed by atoms with Gasteiger partial charge in [0.25, 0.3) is 0 Å². The Bertz CT molecular complexity index is 174. The third kappa shape index (κ3) is 13.3. The number of nitrogens with one attached hydrogen (secondary N) is 1. The smallest absolute Gasteiger partial charge is 0.219 e. The summed E-state index contributed by atoms with van der Waals surface area (Å²) in [7, 11) is 1.70. The van der Waals surface area contributed by atoms with Crippen molar-refractivity contribution in [3.05, 3.63) is 0 Å². The largest absolute Gasteiger partial charge is 0.385 e. The first kappa shape index (κ1) is 16.4. The highest BCUT2D eigenvalue weighted by molar-refractivity contribution is 5.75. The summed E-state index contributed by atoms with van der Waals surface area (Å²) < 4.78 is 10.3. The highest BCUT2D eigenvalue weighted by Gasteiger charge is 1.99. The molecule has 0 spiro atoms. The van der Waals surface area contributed by atoms with Crippen LogP contribution in [0.5, 0.6) is 0 Å². The van der Waals surface area contributed by atoms with Gasteiger partial charge in [0.15, 0.2) is 0 Å². The summed E-state index contributed by atoms with van der Waals surface area (Å²) in [6.45, 7) is 5.15. The first-order valence-corrected chi connectivity index (χ1v) is 6.64. The van der Waals surface area contributed by atoms with Crippen molar-refractivity contribution < 1.29 is 14.3 Å². The topological polar surface area (TPSA) is 47.6 Å². The van der Waals surface area contributed by atoms with Crippen molar-refractivity contribution in [3.8, 4) is 0 Å². The monoisotopic (exact) mass is 245 g/mol. The molecule has 0 saturated carbocycles. The van der Waals surface area contributed by atoms with Crippen molar-refractivity contribution in [2.45, 2.75) is 45.4 Å². The molecule has 1 N–H and O–H groups in total. The van der Waals surface area contributed by atoms with Crippen molar-refractivity contribution in [1.82, 2.24) is 5.32 Å². The lowest BCUT2D eigenvalue weighted by molar-refractivity contribution is -0.121. The number of carbonyl (C=O) groups excluding carboxylic acids is 1. The lowest BCUT2D eigenvalue weighted by Gasteiger charge is -2.05. The number of rotatable bonds is 12. The Balaban J connectivity index is 3.12. The van der Waals surface area contributed by atoms with E-state index in [9.17, 15) is 4.79 Å². The molecule has 17 heavy (non-hydrogen) atoms. The molecular weight excluding hydrogens is 218 g/mol. The fourth-order valence-electron chi connectivity index (χ4n) is 1.45. The molecule has 0 saturated heterocycles. The van der Waals surface area contributed by atoms with Gasteiger partial charge in [0.2, 0.25) is 5.91 Å². The molecule has 102 valence electrons. The first-order valence-electron chi connectivity index (χ1n) is 6.64. The molecule has 0 aliphatic heterocycles. The zero-order valence-corrected chi connectivity index (χ0v) is 11.3. The molecular formula is C13H27NO3. The molecule has 1 amide bonds. The second kappa shape index (κ2) is 13.5. The van der Waals surface area contributed by atoms with E-state index in [4.69, 9.17) is 9.47 Å². The van der Waals surface area contributed by atoms with Gasteiger partial charge in [-0.1, -0.05) is 13.3 Å². The molecule has 0 heterocycles. The molecule has 4 heteroatoms. The number of carbonyl (C=O) groups is 1. The van der Waals surface area contributed by atoms with E-state index in [1.165, 1.54) is 0 Å². The lowest BCUT2D eigenvalue weighted by atomic mass is 10.2. The van der Waals surface area contributed by atoms with Gasteiger partial charge in [0.1, 0.15) is 0 Å². The van der Waals surface area contributed by atoms with E-state index in [0.717, 1.165) is 58.5 Å². The average Bonchev–Trinajstić information content (AvgIpc) is 2.33. The maximum Gasteiger partial charge on any atom is 0.219 e. The Kier molecular flexibility index (Phi) is 13.0. The van der Waals surface area contributed by atoms with Gasteiger partial charge < -0.3 is 14.8 Å². The molecule has 0 aliphatic carbocycles. The summed E-state index contributed by atoms with van der Waals surface area (Å²) in [6, 6.07) is 0. The Morgan fingerprint density at radius 3 is 2.59 bits per heavy atom. The van der Waals surface area contributed by atoms with Crippen molar-refractivity contribution in [3.63, 3.8) is 0 Å². The number of hydrogen-bond donors (Lipinski definition) is 1. The van der Waals surface area contributed by atoms with Gasteiger partial charge in [-0.15, -0.1) is 0 Å². The number of hydrogen-bond acceptors (Lipinski definition) is 3. The minimum atomic E-state index is 0.151. The Labute approximate surface area is 105 Å². The van der Waals surface area contributed by atoms with Crippen LogP contribution in [0.3, 0.4) is 0 Å². The third-order valence-electron chi connectivity index (χ3n) is 2.39. The Hall–Kier alpha value is -0.610. The number of ether oxygens (including phenoxy) is 2. The zero-order valence-electron chi connectivity index (χ0n) is 11.3. The van der Waals surface area contributed by atoms with Crippen LogP contribution in [-0.4, -0.2) is 39.4 Å². The molecule has 4 nitrogen and oxygen atoms in total. The lowest BCUT2D eigenvalue weighted by Crippen LogP contribution is -2.24. The van der Waals surface area contributed by atoms with Crippen LogP contribution in [0.4, 0.5) is 0 Å². The van der Waals surface area contributed by atoms with Gasteiger partial charge in [0, 0.05) is 39.9 Å².